The molecule has 0 saturated carbocycles. The van der Waals surface area contributed by atoms with Gasteiger partial charge in [-0.2, -0.15) is 11.8 Å². The smallest absolute Gasteiger partial charge is 0.00388 e. The highest BCUT2D eigenvalue weighted by Crippen LogP contribution is 2.08. The zero-order valence-corrected chi connectivity index (χ0v) is 12.5. The van der Waals surface area contributed by atoms with Crippen LogP contribution in [0.15, 0.2) is 0 Å². The van der Waals surface area contributed by atoms with Crippen LogP contribution in [0.1, 0.15) is 59.3 Å². The minimum absolute atomic E-state index is 0.700. The molecule has 1 N–H and O–H groups in total. The number of rotatable bonds is 11. The van der Waals surface area contributed by atoms with Crippen LogP contribution in [0, 0.1) is 5.92 Å². The molecule has 2 atom stereocenters. The van der Waals surface area contributed by atoms with Crippen molar-refractivity contribution in [1.82, 2.24) is 5.32 Å². The van der Waals surface area contributed by atoms with Gasteiger partial charge in [0, 0.05) is 6.04 Å². The van der Waals surface area contributed by atoms with Gasteiger partial charge in [0.25, 0.3) is 0 Å². The monoisotopic (exact) mass is 245 g/mol. The Morgan fingerprint density at radius 2 is 1.75 bits per heavy atom. The fourth-order valence-electron chi connectivity index (χ4n) is 1.90. The molecule has 0 aromatic heterocycles. The van der Waals surface area contributed by atoms with Crippen LogP contribution in [-0.4, -0.2) is 24.6 Å². The van der Waals surface area contributed by atoms with E-state index >= 15 is 0 Å². The van der Waals surface area contributed by atoms with Gasteiger partial charge in [0.15, 0.2) is 0 Å². The Morgan fingerprint density at radius 1 is 1.06 bits per heavy atom. The topological polar surface area (TPSA) is 12.0 Å². The van der Waals surface area contributed by atoms with E-state index in [9.17, 15) is 0 Å². The SMILES string of the molecule is CCCCCCCC(C)NCC(C)CSC. The molecule has 2 unspecified atom stereocenters. The van der Waals surface area contributed by atoms with Gasteiger partial charge >= 0.3 is 0 Å². The molecule has 0 heterocycles. The number of thioether (sulfide) groups is 1. The second kappa shape index (κ2) is 11.8. The summed E-state index contributed by atoms with van der Waals surface area (Å²) < 4.78 is 0. The first-order chi connectivity index (χ1) is 7.70. The molecule has 16 heavy (non-hydrogen) atoms. The molecule has 0 amide bonds. The van der Waals surface area contributed by atoms with Gasteiger partial charge in [-0.25, -0.2) is 0 Å². The highest BCUT2D eigenvalue weighted by atomic mass is 32.2. The standard InChI is InChI=1S/C14H31NS/c1-5-6-7-8-9-10-14(3)15-11-13(2)12-16-4/h13-15H,5-12H2,1-4H3. The van der Waals surface area contributed by atoms with Crippen molar-refractivity contribution in [2.75, 3.05) is 18.6 Å². The molecule has 0 saturated heterocycles. The molecule has 0 fully saturated rings. The lowest BCUT2D eigenvalue weighted by atomic mass is 10.1. The van der Waals surface area contributed by atoms with Crippen LogP contribution in [0.2, 0.25) is 0 Å². The Morgan fingerprint density at radius 3 is 2.38 bits per heavy atom. The maximum Gasteiger partial charge on any atom is 0.00388 e. The first-order valence-corrected chi connectivity index (χ1v) is 8.32. The van der Waals surface area contributed by atoms with Gasteiger partial charge in [0.1, 0.15) is 0 Å². The maximum atomic E-state index is 3.64. The minimum Gasteiger partial charge on any atom is -0.314 e. The second-order valence-electron chi connectivity index (χ2n) is 5.07. The highest BCUT2D eigenvalue weighted by molar-refractivity contribution is 7.98. The molecular formula is C14H31NS. The van der Waals surface area contributed by atoms with Gasteiger partial charge < -0.3 is 5.32 Å². The average Bonchev–Trinajstić information content (AvgIpc) is 2.26. The minimum atomic E-state index is 0.700. The predicted octanol–water partition coefficient (Wildman–Crippen LogP) is 4.32. The summed E-state index contributed by atoms with van der Waals surface area (Å²) in [5.41, 5.74) is 0. The van der Waals surface area contributed by atoms with E-state index in [0.717, 1.165) is 5.92 Å². The van der Waals surface area contributed by atoms with Crippen LogP contribution in [0.5, 0.6) is 0 Å². The van der Waals surface area contributed by atoms with Gasteiger partial charge in [-0.05, 0) is 37.8 Å². The van der Waals surface area contributed by atoms with Crippen molar-refractivity contribution in [2.24, 2.45) is 5.92 Å². The number of hydrogen-bond acceptors (Lipinski definition) is 2. The Hall–Kier alpha value is 0.310. The second-order valence-corrected chi connectivity index (χ2v) is 5.98. The molecule has 0 radical (unpaired) electrons. The van der Waals surface area contributed by atoms with E-state index in [0.29, 0.717) is 6.04 Å². The number of hydrogen-bond donors (Lipinski definition) is 1. The molecule has 0 spiro atoms. The van der Waals surface area contributed by atoms with Crippen LogP contribution in [-0.2, 0) is 0 Å². The third-order valence-corrected chi connectivity index (χ3v) is 3.91. The average molecular weight is 245 g/mol. The molecule has 0 aromatic rings. The summed E-state index contributed by atoms with van der Waals surface area (Å²) in [4.78, 5) is 0. The normalized spacial score (nSPS) is 15.0. The fourth-order valence-corrected chi connectivity index (χ4v) is 2.59. The van der Waals surface area contributed by atoms with Crippen molar-refractivity contribution in [1.29, 1.82) is 0 Å². The molecule has 0 rings (SSSR count). The number of nitrogens with one attached hydrogen (secondary N) is 1. The summed E-state index contributed by atoms with van der Waals surface area (Å²) in [6.07, 6.45) is 10.5. The lowest BCUT2D eigenvalue weighted by Gasteiger charge is -2.17. The van der Waals surface area contributed by atoms with Crippen LogP contribution in [0.3, 0.4) is 0 Å². The van der Waals surface area contributed by atoms with Crippen molar-refractivity contribution >= 4 is 11.8 Å². The van der Waals surface area contributed by atoms with E-state index in [1.54, 1.807) is 0 Å². The summed E-state index contributed by atoms with van der Waals surface area (Å²) in [5.74, 6) is 2.08. The lowest BCUT2D eigenvalue weighted by Crippen LogP contribution is -2.31. The molecule has 0 aliphatic heterocycles. The third kappa shape index (κ3) is 10.8. The zero-order chi connectivity index (χ0) is 12.2. The van der Waals surface area contributed by atoms with Crippen molar-refractivity contribution < 1.29 is 0 Å². The first kappa shape index (κ1) is 16.3. The fraction of sp³-hybridized carbons (Fsp3) is 1.00. The number of unbranched alkanes of at least 4 members (excludes halogenated alkanes) is 4. The Balaban J connectivity index is 3.27. The van der Waals surface area contributed by atoms with Crippen LogP contribution < -0.4 is 5.32 Å². The zero-order valence-electron chi connectivity index (χ0n) is 11.7. The molecule has 2 heteroatoms. The van der Waals surface area contributed by atoms with E-state index in [4.69, 9.17) is 0 Å². The molecule has 0 aromatic carbocycles. The Labute approximate surface area is 107 Å². The van der Waals surface area contributed by atoms with Crippen molar-refractivity contribution in [3.05, 3.63) is 0 Å². The maximum absolute atomic E-state index is 3.64. The first-order valence-electron chi connectivity index (χ1n) is 6.93. The molecule has 0 aliphatic rings. The van der Waals surface area contributed by atoms with Crippen LogP contribution in [0.4, 0.5) is 0 Å². The van der Waals surface area contributed by atoms with E-state index < -0.39 is 0 Å². The molecule has 0 aliphatic carbocycles. The lowest BCUT2D eigenvalue weighted by molar-refractivity contribution is 0.448. The summed E-state index contributed by atoms with van der Waals surface area (Å²) in [6.45, 7) is 8.11. The predicted molar refractivity (Wildman–Crippen MR) is 78.4 cm³/mol. The van der Waals surface area contributed by atoms with Gasteiger partial charge in [-0.15, -0.1) is 0 Å². The summed E-state index contributed by atoms with van der Waals surface area (Å²) in [5, 5.41) is 3.64. The van der Waals surface area contributed by atoms with E-state index in [-0.39, 0.29) is 0 Å². The van der Waals surface area contributed by atoms with E-state index in [2.05, 4.69) is 32.3 Å². The van der Waals surface area contributed by atoms with Crippen molar-refractivity contribution in [3.8, 4) is 0 Å². The van der Waals surface area contributed by atoms with Gasteiger partial charge in [-0.1, -0.05) is 46.0 Å². The van der Waals surface area contributed by atoms with Crippen molar-refractivity contribution in [2.45, 2.75) is 65.3 Å². The molecule has 98 valence electrons. The largest absolute Gasteiger partial charge is 0.314 e. The highest BCUT2D eigenvalue weighted by Gasteiger charge is 2.04. The van der Waals surface area contributed by atoms with E-state index in [1.165, 1.54) is 50.8 Å². The molecule has 1 nitrogen and oxygen atoms in total. The van der Waals surface area contributed by atoms with Gasteiger partial charge in [-0.3, -0.25) is 0 Å². The van der Waals surface area contributed by atoms with Gasteiger partial charge in [0.05, 0.1) is 0 Å². The molecular weight excluding hydrogens is 214 g/mol. The molecule has 0 bridgehead atoms. The van der Waals surface area contributed by atoms with Gasteiger partial charge in [0.2, 0.25) is 0 Å². The van der Waals surface area contributed by atoms with Crippen molar-refractivity contribution in [3.63, 3.8) is 0 Å². The van der Waals surface area contributed by atoms with Crippen LogP contribution in [0.25, 0.3) is 0 Å². The third-order valence-electron chi connectivity index (χ3n) is 3.01. The van der Waals surface area contributed by atoms with Crippen LogP contribution >= 0.6 is 11.8 Å². The Bertz CT molecular complexity index is 139. The Kier molecular flexibility index (Phi) is 12.0. The summed E-state index contributed by atoms with van der Waals surface area (Å²) in [7, 11) is 0. The van der Waals surface area contributed by atoms with E-state index in [1.807, 2.05) is 11.8 Å². The summed E-state index contributed by atoms with van der Waals surface area (Å²) in [6, 6.07) is 0.700. The summed E-state index contributed by atoms with van der Waals surface area (Å²) >= 11 is 1.95. The quantitative estimate of drug-likeness (QED) is 0.544.